The van der Waals surface area contributed by atoms with Crippen molar-refractivity contribution in [1.82, 2.24) is 0 Å². The minimum atomic E-state index is 0.0499. The molecule has 3 nitrogen and oxygen atoms in total. The maximum Gasteiger partial charge on any atom is 0.142 e. The Labute approximate surface area is 168 Å². The van der Waals surface area contributed by atoms with Crippen LogP contribution in [0.1, 0.15) is 24.5 Å². The first kappa shape index (κ1) is 19.8. The van der Waals surface area contributed by atoms with Crippen LogP contribution in [-0.4, -0.2) is 19.3 Å². The number of rotatable bonds is 10. The van der Waals surface area contributed by atoms with Crippen LogP contribution in [0, 0.1) is 6.92 Å². The first-order chi connectivity index (χ1) is 13.7. The molecule has 0 aliphatic heterocycles. The van der Waals surface area contributed by atoms with Crippen LogP contribution in [0.5, 0.6) is 11.5 Å². The molecule has 3 aromatic rings. The fraction of sp³-hybridized carbons (Fsp3) is 0.280. The zero-order valence-electron chi connectivity index (χ0n) is 16.7. The molecule has 1 atom stereocenters. The average molecular weight is 376 g/mol. The molecule has 0 saturated heterocycles. The summed E-state index contributed by atoms with van der Waals surface area (Å²) in [6.07, 6.45) is 2.07. The average Bonchev–Trinajstić information content (AvgIpc) is 2.73. The first-order valence-electron chi connectivity index (χ1n) is 9.93. The van der Waals surface area contributed by atoms with Crippen molar-refractivity contribution in [3.05, 3.63) is 90.0 Å². The number of nitrogens with one attached hydrogen (secondary N) is 1. The molecule has 0 fully saturated rings. The molecule has 0 spiro atoms. The Kier molecular flexibility index (Phi) is 7.36. The highest BCUT2D eigenvalue weighted by molar-refractivity contribution is 5.56. The molecule has 1 unspecified atom stereocenters. The van der Waals surface area contributed by atoms with E-state index in [1.165, 1.54) is 11.1 Å². The van der Waals surface area contributed by atoms with E-state index < -0.39 is 0 Å². The Morgan fingerprint density at radius 3 is 2.36 bits per heavy atom. The third-order valence-corrected chi connectivity index (χ3v) is 4.54. The van der Waals surface area contributed by atoms with Gasteiger partial charge in [-0.05, 0) is 56.5 Å². The molecule has 0 aromatic heterocycles. The summed E-state index contributed by atoms with van der Waals surface area (Å²) in [5.74, 6) is 1.78. The maximum absolute atomic E-state index is 6.02. The van der Waals surface area contributed by atoms with Crippen molar-refractivity contribution < 1.29 is 9.47 Å². The molecule has 0 amide bonds. The van der Waals surface area contributed by atoms with Gasteiger partial charge in [0.1, 0.15) is 17.6 Å². The maximum atomic E-state index is 6.02. The van der Waals surface area contributed by atoms with Crippen LogP contribution >= 0.6 is 0 Å². The number of para-hydroxylation sites is 2. The fourth-order valence-corrected chi connectivity index (χ4v) is 2.99. The summed E-state index contributed by atoms with van der Waals surface area (Å²) in [4.78, 5) is 0. The number of hydrogen-bond acceptors (Lipinski definition) is 3. The highest BCUT2D eigenvalue weighted by atomic mass is 16.5. The van der Waals surface area contributed by atoms with Crippen LogP contribution in [0.4, 0.5) is 5.69 Å². The highest BCUT2D eigenvalue weighted by Crippen LogP contribution is 2.24. The molecule has 0 bridgehead atoms. The third-order valence-electron chi connectivity index (χ3n) is 4.54. The van der Waals surface area contributed by atoms with Crippen LogP contribution < -0.4 is 14.8 Å². The van der Waals surface area contributed by atoms with Crippen LogP contribution in [-0.2, 0) is 6.42 Å². The van der Waals surface area contributed by atoms with Crippen molar-refractivity contribution in [2.24, 2.45) is 0 Å². The number of benzene rings is 3. The van der Waals surface area contributed by atoms with Crippen molar-refractivity contribution in [3.8, 4) is 11.5 Å². The predicted octanol–water partition coefficient (Wildman–Crippen LogP) is 5.89. The molecule has 146 valence electrons. The topological polar surface area (TPSA) is 30.5 Å². The number of aryl methyl sites for hydroxylation is 2. The van der Waals surface area contributed by atoms with Gasteiger partial charge in [0, 0.05) is 0 Å². The van der Waals surface area contributed by atoms with Crippen molar-refractivity contribution in [1.29, 1.82) is 0 Å². The number of hydrogen-bond donors (Lipinski definition) is 1. The SMILES string of the molecule is Cc1ccc(OC(C)CNc2ccccc2OCCCc2ccccc2)cc1. The lowest BCUT2D eigenvalue weighted by molar-refractivity contribution is 0.234. The van der Waals surface area contributed by atoms with Gasteiger partial charge in [-0.15, -0.1) is 0 Å². The van der Waals surface area contributed by atoms with Crippen molar-refractivity contribution in [3.63, 3.8) is 0 Å². The van der Waals surface area contributed by atoms with E-state index in [1.54, 1.807) is 0 Å². The van der Waals surface area contributed by atoms with E-state index in [1.807, 2.05) is 42.5 Å². The van der Waals surface area contributed by atoms with Gasteiger partial charge in [0.2, 0.25) is 0 Å². The van der Waals surface area contributed by atoms with E-state index in [-0.39, 0.29) is 6.10 Å². The zero-order valence-corrected chi connectivity index (χ0v) is 16.7. The molecule has 3 aromatic carbocycles. The summed E-state index contributed by atoms with van der Waals surface area (Å²) >= 11 is 0. The van der Waals surface area contributed by atoms with Crippen molar-refractivity contribution in [2.75, 3.05) is 18.5 Å². The molecule has 0 heterocycles. The molecule has 0 saturated carbocycles. The fourth-order valence-electron chi connectivity index (χ4n) is 2.99. The van der Waals surface area contributed by atoms with Gasteiger partial charge >= 0.3 is 0 Å². The molecule has 1 N–H and O–H groups in total. The summed E-state index contributed by atoms with van der Waals surface area (Å²) < 4.78 is 12.0. The largest absolute Gasteiger partial charge is 0.491 e. The molecule has 28 heavy (non-hydrogen) atoms. The van der Waals surface area contributed by atoms with Crippen molar-refractivity contribution in [2.45, 2.75) is 32.8 Å². The normalized spacial score (nSPS) is 11.6. The molecule has 3 heteroatoms. The summed E-state index contributed by atoms with van der Waals surface area (Å²) in [6, 6.07) is 26.7. The molecular formula is C25H29NO2. The van der Waals surface area contributed by atoms with E-state index in [2.05, 4.69) is 55.6 Å². The lowest BCUT2D eigenvalue weighted by Gasteiger charge is -2.18. The summed E-state index contributed by atoms with van der Waals surface area (Å²) in [7, 11) is 0. The van der Waals surface area contributed by atoms with Gasteiger partial charge in [0.25, 0.3) is 0 Å². The lowest BCUT2D eigenvalue weighted by Crippen LogP contribution is -2.23. The monoisotopic (exact) mass is 375 g/mol. The Morgan fingerprint density at radius 2 is 1.57 bits per heavy atom. The van der Waals surface area contributed by atoms with Gasteiger partial charge in [0.15, 0.2) is 0 Å². The second-order valence-electron chi connectivity index (χ2n) is 7.06. The molecule has 0 aliphatic rings. The van der Waals surface area contributed by atoms with Gasteiger partial charge in [-0.3, -0.25) is 0 Å². The van der Waals surface area contributed by atoms with Crippen LogP contribution in [0.15, 0.2) is 78.9 Å². The Bertz CT molecular complexity index is 831. The quantitative estimate of drug-likeness (QED) is 0.448. The Hall–Kier alpha value is -2.94. The van der Waals surface area contributed by atoms with E-state index >= 15 is 0 Å². The summed E-state index contributed by atoms with van der Waals surface area (Å²) in [5, 5.41) is 3.45. The van der Waals surface area contributed by atoms with Gasteiger partial charge in [-0.1, -0.05) is 60.2 Å². The minimum absolute atomic E-state index is 0.0499. The Balaban J connectivity index is 1.45. The summed E-state index contributed by atoms with van der Waals surface area (Å²) in [6.45, 7) is 5.54. The second kappa shape index (κ2) is 10.4. The predicted molar refractivity (Wildman–Crippen MR) is 116 cm³/mol. The van der Waals surface area contributed by atoms with Gasteiger partial charge in [0.05, 0.1) is 18.8 Å². The molecule has 3 rings (SSSR count). The van der Waals surface area contributed by atoms with E-state index in [4.69, 9.17) is 9.47 Å². The molecule has 0 radical (unpaired) electrons. The van der Waals surface area contributed by atoms with E-state index in [0.717, 1.165) is 30.0 Å². The smallest absolute Gasteiger partial charge is 0.142 e. The van der Waals surface area contributed by atoms with Crippen molar-refractivity contribution >= 4 is 5.69 Å². The first-order valence-corrected chi connectivity index (χ1v) is 9.93. The van der Waals surface area contributed by atoms with E-state index in [0.29, 0.717) is 13.2 Å². The zero-order chi connectivity index (χ0) is 19.6. The van der Waals surface area contributed by atoms with Gasteiger partial charge in [-0.2, -0.15) is 0 Å². The number of ether oxygens (including phenoxy) is 2. The molecule has 0 aliphatic carbocycles. The summed E-state index contributed by atoms with van der Waals surface area (Å²) in [5.41, 5.74) is 3.58. The van der Waals surface area contributed by atoms with Crippen LogP contribution in [0.3, 0.4) is 0 Å². The molecular weight excluding hydrogens is 346 g/mol. The minimum Gasteiger partial charge on any atom is -0.491 e. The van der Waals surface area contributed by atoms with Crippen LogP contribution in [0.25, 0.3) is 0 Å². The van der Waals surface area contributed by atoms with Gasteiger partial charge < -0.3 is 14.8 Å². The van der Waals surface area contributed by atoms with Gasteiger partial charge in [-0.25, -0.2) is 0 Å². The second-order valence-corrected chi connectivity index (χ2v) is 7.06. The van der Waals surface area contributed by atoms with E-state index in [9.17, 15) is 0 Å². The van der Waals surface area contributed by atoms with Crippen LogP contribution in [0.2, 0.25) is 0 Å². The standard InChI is InChI=1S/C25H29NO2/c1-20-14-16-23(17-15-20)28-21(2)19-26-24-12-6-7-13-25(24)27-18-8-11-22-9-4-3-5-10-22/h3-7,9-10,12-17,21,26H,8,11,18-19H2,1-2H3. The lowest BCUT2D eigenvalue weighted by atomic mass is 10.1. The number of anilines is 1. The Morgan fingerprint density at radius 1 is 0.857 bits per heavy atom. The third kappa shape index (κ3) is 6.34. The highest BCUT2D eigenvalue weighted by Gasteiger charge is 2.07.